The molecule has 2 aromatic carbocycles. The largest absolute Gasteiger partial charge is 0.496 e. The molecule has 4 aliphatic rings. The summed E-state index contributed by atoms with van der Waals surface area (Å²) in [5, 5.41) is 5.92. The molecule has 236 valence electrons. The average molecular weight is 607 g/mol. The van der Waals surface area contributed by atoms with Crippen LogP contribution < -0.4 is 9.47 Å². The van der Waals surface area contributed by atoms with Gasteiger partial charge in [0.2, 0.25) is 0 Å². The van der Waals surface area contributed by atoms with Crippen LogP contribution in [-0.2, 0) is 15.9 Å². The maximum Gasteiger partial charge on any atom is 0.410 e. The SMILES string of the molecule is COc1cc(OC2CN(C(=O)OC(C)(C)C)C2)ccc1C1c2ccc3c(cnn3C3CCCCO3)c2CCN1CC1(F)CC1. The Balaban J connectivity index is 1.16. The van der Waals surface area contributed by atoms with Gasteiger partial charge in [0.15, 0.2) is 6.23 Å². The number of alkyl halides is 1. The number of fused-ring (bicyclic) bond motifs is 3. The molecule has 2 unspecified atom stereocenters. The number of halogens is 1. The molecule has 0 spiro atoms. The van der Waals surface area contributed by atoms with Gasteiger partial charge in [0.05, 0.1) is 38.0 Å². The van der Waals surface area contributed by atoms with Gasteiger partial charge in [-0.2, -0.15) is 5.10 Å². The van der Waals surface area contributed by atoms with E-state index in [0.29, 0.717) is 44.0 Å². The molecule has 0 radical (unpaired) electrons. The monoisotopic (exact) mass is 606 g/mol. The van der Waals surface area contributed by atoms with Crippen molar-refractivity contribution in [3.8, 4) is 11.5 Å². The molecule has 4 heterocycles. The van der Waals surface area contributed by atoms with Crippen LogP contribution in [0.1, 0.15) is 81.8 Å². The van der Waals surface area contributed by atoms with Gasteiger partial charge in [-0.3, -0.25) is 4.90 Å². The lowest BCUT2D eigenvalue weighted by molar-refractivity contribution is -0.0366. The number of hydrogen-bond donors (Lipinski definition) is 0. The Morgan fingerprint density at radius 3 is 2.64 bits per heavy atom. The molecule has 0 bridgehead atoms. The van der Waals surface area contributed by atoms with Crippen molar-refractivity contribution in [3.63, 3.8) is 0 Å². The topological polar surface area (TPSA) is 78.3 Å². The van der Waals surface area contributed by atoms with Gasteiger partial charge in [-0.15, -0.1) is 0 Å². The second-order valence-corrected chi connectivity index (χ2v) is 13.8. The molecule has 3 fully saturated rings. The molecule has 7 rings (SSSR count). The lowest BCUT2D eigenvalue weighted by atomic mass is 9.85. The highest BCUT2D eigenvalue weighted by Gasteiger charge is 2.47. The van der Waals surface area contributed by atoms with Crippen LogP contribution in [0.3, 0.4) is 0 Å². The minimum atomic E-state index is -1.12. The van der Waals surface area contributed by atoms with E-state index in [-0.39, 0.29) is 24.5 Å². The zero-order chi connectivity index (χ0) is 30.6. The third kappa shape index (κ3) is 5.74. The predicted octanol–water partition coefficient (Wildman–Crippen LogP) is 6.19. The second kappa shape index (κ2) is 11.2. The zero-order valence-corrected chi connectivity index (χ0v) is 26.2. The van der Waals surface area contributed by atoms with Crippen molar-refractivity contribution in [3.05, 3.63) is 53.2 Å². The van der Waals surface area contributed by atoms with Gasteiger partial charge in [-0.1, -0.05) is 6.07 Å². The summed E-state index contributed by atoms with van der Waals surface area (Å²) in [5.74, 6) is 1.37. The van der Waals surface area contributed by atoms with Crippen molar-refractivity contribution >= 4 is 17.0 Å². The Hall–Kier alpha value is -3.37. The normalized spacial score (nSPS) is 23.6. The summed E-state index contributed by atoms with van der Waals surface area (Å²) >= 11 is 0. The summed E-state index contributed by atoms with van der Waals surface area (Å²) in [6.07, 6.45) is 6.75. The predicted molar refractivity (Wildman–Crippen MR) is 164 cm³/mol. The van der Waals surface area contributed by atoms with Crippen molar-refractivity contribution in [2.24, 2.45) is 0 Å². The molecule has 1 aromatic heterocycles. The number of methoxy groups -OCH3 is 1. The Kier molecular flexibility index (Phi) is 7.48. The van der Waals surface area contributed by atoms with E-state index in [2.05, 4.69) is 17.0 Å². The molecular weight excluding hydrogens is 563 g/mol. The Bertz CT molecular complexity index is 1530. The first-order chi connectivity index (χ1) is 21.1. The van der Waals surface area contributed by atoms with Gasteiger partial charge in [-0.25, -0.2) is 13.9 Å². The molecule has 3 aromatic rings. The first kappa shape index (κ1) is 29.3. The molecule has 1 aliphatic carbocycles. The van der Waals surface area contributed by atoms with E-state index in [4.69, 9.17) is 24.0 Å². The summed E-state index contributed by atoms with van der Waals surface area (Å²) in [7, 11) is 1.67. The Labute approximate surface area is 258 Å². The van der Waals surface area contributed by atoms with Crippen LogP contribution in [-0.4, -0.2) is 82.9 Å². The van der Waals surface area contributed by atoms with E-state index in [9.17, 15) is 4.79 Å². The molecule has 44 heavy (non-hydrogen) atoms. The third-order valence-electron chi connectivity index (χ3n) is 9.25. The number of ether oxygens (including phenoxy) is 4. The minimum Gasteiger partial charge on any atom is -0.496 e. The molecule has 10 heteroatoms. The van der Waals surface area contributed by atoms with Crippen LogP contribution in [0, 0.1) is 0 Å². The highest BCUT2D eigenvalue weighted by atomic mass is 19.1. The van der Waals surface area contributed by atoms with Crippen LogP contribution in [0.5, 0.6) is 11.5 Å². The van der Waals surface area contributed by atoms with E-state index < -0.39 is 11.3 Å². The van der Waals surface area contributed by atoms with E-state index in [0.717, 1.165) is 60.9 Å². The lowest BCUT2D eigenvalue weighted by Gasteiger charge is -2.40. The number of aromatic nitrogens is 2. The van der Waals surface area contributed by atoms with E-state index in [1.807, 2.05) is 49.8 Å². The number of carbonyl (C=O) groups is 1. The van der Waals surface area contributed by atoms with Crippen molar-refractivity contribution in [2.45, 2.75) is 88.9 Å². The quantitative estimate of drug-likeness (QED) is 0.317. The standard InChI is InChI=1S/C34H43FN4O5/c1-33(2,3)44-32(40)38-19-23(20-38)43-22-8-9-26(29(17-22)41-4)31-25-10-11-28-27(18-36-39(28)30-7-5-6-16-42-30)24(25)12-15-37(31)21-34(35)13-14-34/h8-11,17-18,23,30-31H,5-7,12-16,19-21H2,1-4H3. The minimum absolute atomic E-state index is 0.0315. The fourth-order valence-electron chi connectivity index (χ4n) is 6.82. The van der Waals surface area contributed by atoms with Crippen molar-refractivity contribution < 1.29 is 28.1 Å². The summed E-state index contributed by atoms with van der Waals surface area (Å²) in [6.45, 7) is 8.43. The van der Waals surface area contributed by atoms with Crippen molar-refractivity contribution in [1.29, 1.82) is 0 Å². The highest BCUT2D eigenvalue weighted by Crippen LogP contribution is 2.47. The fourth-order valence-corrected chi connectivity index (χ4v) is 6.82. The van der Waals surface area contributed by atoms with Crippen molar-refractivity contribution in [1.82, 2.24) is 19.6 Å². The molecule has 2 atom stereocenters. The van der Waals surface area contributed by atoms with Crippen LogP contribution in [0.2, 0.25) is 0 Å². The van der Waals surface area contributed by atoms with Gasteiger partial charge in [0.1, 0.15) is 28.9 Å². The fraction of sp³-hybridized carbons (Fsp3) is 0.588. The van der Waals surface area contributed by atoms with Gasteiger partial charge in [0.25, 0.3) is 0 Å². The second-order valence-electron chi connectivity index (χ2n) is 13.8. The van der Waals surface area contributed by atoms with Gasteiger partial charge >= 0.3 is 6.09 Å². The van der Waals surface area contributed by atoms with Crippen LogP contribution in [0.15, 0.2) is 36.5 Å². The van der Waals surface area contributed by atoms with Gasteiger partial charge < -0.3 is 23.8 Å². The van der Waals surface area contributed by atoms with Crippen LogP contribution in [0.25, 0.3) is 10.9 Å². The smallest absolute Gasteiger partial charge is 0.410 e. The number of carbonyl (C=O) groups excluding carboxylic acids is 1. The first-order valence-electron chi connectivity index (χ1n) is 16.0. The number of amides is 1. The van der Waals surface area contributed by atoms with E-state index >= 15 is 4.39 Å². The van der Waals surface area contributed by atoms with Gasteiger partial charge in [0, 0.05) is 36.7 Å². The molecule has 3 aliphatic heterocycles. The molecule has 1 saturated carbocycles. The van der Waals surface area contributed by atoms with Gasteiger partial charge in [-0.05, 0) is 88.6 Å². The summed E-state index contributed by atoms with van der Waals surface area (Å²) < 4.78 is 41.0. The van der Waals surface area contributed by atoms with Crippen LogP contribution >= 0.6 is 0 Å². The Morgan fingerprint density at radius 1 is 1.14 bits per heavy atom. The number of rotatable bonds is 7. The Morgan fingerprint density at radius 2 is 1.93 bits per heavy atom. The summed E-state index contributed by atoms with van der Waals surface area (Å²) in [4.78, 5) is 16.3. The van der Waals surface area contributed by atoms with E-state index in [1.165, 1.54) is 5.56 Å². The third-order valence-corrected chi connectivity index (χ3v) is 9.25. The maximum absolute atomic E-state index is 15.3. The lowest BCUT2D eigenvalue weighted by Crippen LogP contribution is -2.57. The number of likely N-dealkylation sites (tertiary alicyclic amines) is 1. The molecule has 2 saturated heterocycles. The molecular formula is C34H43FN4O5. The number of nitrogens with zero attached hydrogens (tertiary/aromatic N) is 4. The van der Waals surface area contributed by atoms with Crippen molar-refractivity contribution in [2.75, 3.05) is 39.9 Å². The molecule has 1 amide bonds. The number of hydrogen-bond acceptors (Lipinski definition) is 7. The highest BCUT2D eigenvalue weighted by molar-refractivity contribution is 5.84. The average Bonchev–Trinajstić information content (AvgIpc) is 3.53. The van der Waals surface area contributed by atoms with Crippen LogP contribution in [0.4, 0.5) is 9.18 Å². The number of benzene rings is 2. The maximum atomic E-state index is 15.3. The first-order valence-corrected chi connectivity index (χ1v) is 16.0. The van der Waals surface area contributed by atoms with E-state index in [1.54, 1.807) is 12.0 Å². The summed E-state index contributed by atoms with van der Waals surface area (Å²) in [5.41, 5.74) is 2.84. The zero-order valence-electron chi connectivity index (χ0n) is 26.2. The molecule has 0 N–H and O–H groups in total. The summed E-state index contributed by atoms with van der Waals surface area (Å²) in [6, 6.07) is 10.1. The molecule has 9 nitrogen and oxygen atoms in total.